The van der Waals surface area contributed by atoms with Gasteiger partial charge in [0.1, 0.15) is 0 Å². The Balaban J connectivity index is 1.90. The summed E-state index contributed by atoms with van der Waals surface area (Å²) in [5.74, 6) is -0.323. The molecule has 2 amide bonds. The zero-order chi connectivity index (χ0) is 20.7. The summed E-state index contributed by atoms with van der Waals surface area (Å²) >= 11 is 0. The predicted octanol–water partition coefficient (Wildman–Crippen LogP) is 3.66. The molecule has 1 saturated carbocycles. The zero-order valence-electron chi connectivity index (χ0n) is 16.3. The van der Waals surface area contributed by atoms with Crippen molar-refractivity contribution in [2.24, 2.45) is 5.92 Å². The van der Waals surface area contributed by atoms with E-state index in [9.17, 15) is 22.8 Å². The molecule has 1 aliphatic carbocycles. The second kappa shape index (κ2) is 9.91. The molecule has 2 N–H and O–H groups in total. The molecule has 0 aliphatic heterocycles. The van der Waals surface area contributed by atoms with Crippen molar-refractivity contribution in [2.75, 3.05) is 25.0 Å². The molecule has 156 valence electrons. The molecule has 2 atom stereocenters. The summed E-state index contributed by atoms with van der Waals surface area (Å²) in [5.41, 5.74) is -1.17. The highest BCUT2D eigenvalue weighted by Crippen LogP contribution is 2.34. The van der Waals surface area contributed by atoms with E-state index in [4.69, 9.17) is 0 Å². The first-order valence-corrected chi connectivity index (χ1v) is 9.68. The van der Waals surface area contributed by atoms with Gasteiger partial charge >= 0.3 is 6.18 Å². The highest BCUT2D eigenvalue weighted by Gasteiger charge is 2.33. The molecule has 0 radical (unpaired) electrons. The average molecular weight is 399 g/mol. The van der Waals surface area contributed by atoms with Crippen LogP contribution in [-0.4, -0.2) is 42.4 Å². The molecule has 0 unspecified atom stereocenters. The van der Waals surface area contributed by atoms with Crippen LogP contribution in [0.4, 0.5) is 18.9 Å². The van der Waals surface area contributed by atoms with E-state index in [1.54, 1.807) is 11.8 Å². The van der Waals surface area contributed by atoms with Gasteiger partial charge in [-0.3, -0.25) is 14.5 Å². The van der Waals surface area contributed by atoms with Crippen LogP contribution < -0.4 is 10.6 Å². The highest BCUT2D eigenvalue weighted by molar-refractivity contribution is 5.93. The van der Waals surface area contributed by atoms with Gasteiger partial charge < -0.3 is 10.6 Å². The number of amides is 2. The summed E-state index contributed by atoms with van der Waals surface area (Å²) in [7, 11) is 0. The maximum atomic E-state index is 13.0. The first-order chi connectivity index (χ1) is 13.2. The summed E-state index contributed by atoms with van der Waals surface area (Å²) in [5, 5.41) is 5.34. The number of nitrogens with one attached hydrogen (secondary N) is 2. The lowest BCUT2D eigenvalue weighted by Crippen LogP contribution is -2.47. The van der Waals surface area contributed by atoms with Crippen molar-refractivity contribution in [2.45, 2.75) is 51.7 Å². The topological polar surface area (TPSA) is 61.4 Å². The van der Waals surface area contributed by atoms with Gasteiger partial charge in [-0.1, -0.05) is 38.8 Å². The van der Waals surface area contributed by atoms with Crippen molar-refractivity contribution in [3.05, 3.63) is 29.8 Å². The van der Waals surface area contributed by atoms with Crippen molar-refractivity contribution in [3.8, 4) is 0 Å². The third kappa shape index (κ3) is 6.51. The highest BCUT2D eigenvalue weighted by atomic mass is 19.4. The summed E-state index contributed by atoms with van der Waals surface area (Å²) in [6, 6.07) is 4.99. The number of carbonyl (C=O) groups excluding carboxylic acids is 2. The lowest BCUT2D eigenvalue weighted by Gasteiger charge is -2.30. The Bertz CT molecular complexity index is 679. The Labute approximate surface area is 163 Å². The molecule has 8 heteroatoms. The average Bonchev–Trinajstić information content (AvgIpc) is 2.62. The van der Waals surface area contributed by atoms with E-state index < -0.39 is 17.6 Å². The number of hydrogen-bond acceptors (Lipinski definition) is 3. The van der Waals surface area contributed by atoms with Gasteiger partial charge in [-0.05, 0) is 37.4 Å². The standard InChI is InChI=1S/C20H28F3N3O2/c1-3-26(12-18(27)24-16-10-6-4-8-14(16)2)13-19(28)25-17-11-7-5-9-15(17)20(21,22)23/h5,7,9,11,14,16H,3-4,6,8,10,12-13H2,1-2H3,(H,24,27)(H,25,28)/t14-,16+/m0/s1. The van der Waals surface area contributed by atoms with Crippen LogP contribution in [-0.2, 0) is 15.8 Å². The van der Waals surface area contributed by atoms with Crippen LogP contribution in [0.2, 0.25) is 0 Å². The molecule has 0 saturated heterocycles. The number of alkyl halides is 3. The van der Waals surface area contributed by atoms with Crippen LogP contribution in [0.5, 0.6) is 0 Å². The minimum atomic E-state index is -4.55. The van der Waals surface area contributed by atoms with Crippen LogP contribution in [0.25, 0.3) is 0 Å². The number of anilines is 1. The number of likely N-dealkylation sites (N-methyl/N-ethyl adjacent to an activating group) is 1. The van der Waals surface area contributed by atoms with E-state index in [2.05, 4.69) is 17.6 Å². The van der Waals surface area contributed by atoms with E-state index in [0.29, 0.717) is 12.5 Å². The monoisotopic (exact) mass is 399 g/mol. The van der Waals surface area contributed by atoms with Crippen molar-refractivity contribution < 1.29 is 22.8 Å². The molecule has 0 aromatic heterocycles. The first-order valence-electron chi connectivity index (χ1n) is 9.68. The van der Waals surface area contributed by atoms with Crippen LogP contribution >= 0.6 is 0 Å². The van der Waals surface area contributed by atoms with Crippen LogP contribution in [0.3, 0.4) is 0 Å². The Morgan fingerprint density at radius 2 is 1.75 bits per heavy atom. The number of para-hydroxylation sites is 1. The lowest BCUT2D eigenvalue weighted by atomic mass is 9.86. The zero-order valence-corrected chi connectivity index (χ0v) is 16.3. The fourth-order valence-corrected chi connectivity index (χ4v) is 3.50. The number of carbonyl (C=O) groups is 2. The van der Waals surface area contributed by atoms with E-state index in [1.165, 1.54) is 24.6 Å². The van der Waals surface area contributed by atoms with Crippen LogP contribution in [0.15, 0.2) is 24.3 Å². The minimum absolute atomic E-state index is 0.0358. The van der Waals surface area contributed by atoms with E-state index in [0.717, 1.165) is 25.3 Å². The molecular weight excluding hydrogens is 371 g/mol. The molecule has 1 aromatic rings. The SMILES string of the molecule is CCN(CC(=O)Nc1ccccc1C(F)(F)F)CC(=O)N[C@@H]1CCCC[C@@H]1C. The molecule has 0 spiro atoms. The van der Waals surface area contributed by atoms with Gasteiger partial charge in [0.15, 0.2) is 0 Å². The number of rotatable bonds is 7. The van der Waals surface area contributed by atoms with Gasteiger partial charge in [-0.15, -0.1) is 0 Å². The van der Waals surface area contributed by atoms with Crippen molar-refractivity contribution >= 4 is 17.5 Å². The number of halogens is 3. The minimum Gasteiger partial charge on any atom is -0.352 e. The van der Waals surface area contributed by atoms with Gasteiger partial charge in [-0.2, -0.15) is 13.2 Å². The number of nitrogens with zero attached hydrogens (tertiary/aromatic N) is 1. The second-order valence-electron chi connectivity index (χ2n) is 7.33. The first kappa shape index (κ1) is 22.2. The van der Waals surface area contributed by atoms with E-state index >= 15 is 0 Å². The summed E-state index contributed by atoms with van der Waals surface area (Å²) in [4.78, 5) is 26.2. The van der Waals surface area contributed by atoms with Gasteiger partial charge in [-0.25, -0.2) is 0 Å². The molecular formula is C20H28F3N3O2. The summed E-state index contributed by atoms with van der Waals surface area (Å²) in [6.45, 7) is 4.23. The Morgan fingerprint density at radius 3 is 2.39 bits per heavy atom. The molecule has 2 rings (SSSR count). The van der Waals surface area contributed by atoms with Crippen LogP contribution in [0.1, 0.15) is 45.1 Å². The fraction of sp³-hybridized carbons (Fsp3) is 0.600. The molecule has 5 nitrogen and oxygen atoms in total. The Kier molecular flexibility index (Phi) is 7.86. The Morgan fingerprint density at radius 1 is 1.11 bits per heavy atom. The lowest BCUT2D eigenvalue weighted by molar-refractivity contribution is -0.137. The maximum absolute atomic E-state index is 13.0. The van der Waals surface area contributed by atoms with Gasteiger partial charge in [0.2, 0.25) is 11.8 Å². The number of hydrogen-bond donors (Lipinski definition) is 2. The van der Waals surface area contributed by atoms with Crippen molar-refractivity contribution in [1.29, 1.82) is 0 Å². The molecule has 0 bridgehead atoms. The summed E-state index contributed by atoms with van der Waals surface area (Å²) in [6.07, 6.45) is -0.246. The second-order valence-corrected chi connectivity index (χ2v) is 7.33. The molecule has 28 heavy (non-hydrogen) atoms. The predicted molar refractivity (Wildman–Crippen MR) is 102 cm³/mol. The van der Waals surface area contributed by atoms with Gasteiger partial charge in [0.25, 0.3) is 0 Å². The van der Waals surface area contributed by atoms with E-state index in [-0.39, 0.29) is 30.7 Å². The van der Waals surface area contributed by atoms with E-state index in [1.807, 2.05) is 0 Å². The largest absolute Gasteiger partial charge is 0.418 e. The molecule has 0 heterocycles. The molecule has 1 fully saturated rings. The number of benzene rings is 1. The quantitative estimate of drug-likeness (QED) is 0.736. The summed E-state index contributed by atoms with van der Waals surface area (Å²) < 4.78 is 39.1. The molecule has 1 aliphatic rings. The smallest absolute Gasteiger partial charge is 0.352 e. The third-order valence-electron chi connectivity index (χ3n) is 5.15. The van der Waals surface area contributed by atoms with Crippen molar-refractivity contribution in [3.63, 3.8) is 0 Å². The van der Waals surface area contributed by atoms with Gasteiger partial charge in [0, 0.05) is 6.04 Å². The fourth-order valence-electron chi connectivity index (χ4n) is 3.50. The van der Waals surface area contributed by atoms with Crippen LogP contribution in [0, 0.1) is 5.92 Å². The molecule has 1 aromatic carbocycles. The van der Waals surface area contributed by atoms with Gasteiger partial charge in [0.05, 0.1) is 24.3 Å². The third-order valence-corrected chi connectivity index (χ3v) is 5.15. The normalized spacial score (nSPS) is 20.1. The Hall–Kier alpha value is -2.09. The van der Waals surface area contributed by atoms with Crippen molar-refractivity contribution in [1.82, 2.24) is 10.2 Å². The maximum Gasteiger partial charge on any atom is 0.418 e.